The quantitative estimate of drug-likeness (QED) is 0.898. The lowest BCUT2D eigenvalue weighted by Gasteiger charge is -2.28. The lowest BCUT2D eigenvalue weighted by Crippen LogP contribution is -2.50. The first kappa shape index (κ1) is 14.0. The van der Waals surface area contributed by atoms with Gasteiger partial charge < -0.3 is 4.57 Å². The highest BCUT2D eigenvalue weighted by Gasteiger charge is 2.60. The number of nitrogens with one attached hydrogen (secondary N) is 1. The number of aromatic nitrogens is 6. The second-order valence-electron chi connectivity index (χ2n) is 5.03. The average Bonchev–Trinajstić information content (AvgIpc) is 3.11. The van der Waals surface area contributed by atoms with Crippen LogP contribution in [0.5, 0.6) is 0 Å². The zero-order valence-corrected chi connectivity index (χ0v) is 11.3. The van der Waals surface area contributed by atoms with E-state index in [0.717, 1.165) is 4.80 Å². The summed E-state index contributed by atoms with van der Waals surface area (Å²) in [6, 6.07) is 0. The van der Waals surface area contributed by atoms with Crippen molar-refractivity contribution in [1.82, 2.24) is 35.1 Å². The highest BCUT2D eigenvalue weighted by Crippen LogP contribution is 2.43. The molecular weight excluding hydrogens is 287 g/mol. The molecule has 21 heavy (non-hydrogen) atoms. The lowest BCUT2D eigenvalue weighted by atomic mass is 9.96. The first-order valence-electron chi connectivity index (χ1n) is 6.49. The highest BCUT2D eigenvalue weighted by atomic mass is 19.4. The van der Waals surface area contributed by atoms with Crippen LogP contribution in [-0.2, 0) is 19.1 Å². The standard InChI is InChI=1S/C11H14F3N7/c1-20-6-5-15-8(20)7-21-18-9(17-19-21)10(11(12,13)14)3-2-4-16-10/h5-6,16H,2-4,7H2,1H3. The van der Waals surface area contributed by atoms with E-state index in [4.69, 9.17) is 0 Å². The van der Waals surface area contributed by atoms with Gasteiger partial charge in [-0.2, -0.15) is 18.0 Å². The summed E-state index contributed by atoms with van der Waals surface area (Å²) in [5.74, 6) is 0.307. The molecule has 1 fully saturated rings. The number of aryl methyl sites for hydroxylation is 1. The Balaban J connectivity index is 1.88. The van der Waals surface area contributed by atoms with Crippen molar-refractivity contribution in [2.24, 2.45) is 7.05 Å². The van der Waals surface area contributed by atoms with Crippen molar-refractivity contribution in [2.45, 2.75) is 31.1 Å². The lowest BCUT2D eigenvalue weighted by molar-refractivity contribution is -0.198. The number of tetrazole rings is 1. The Morgan fingerprint density at radius 3 is 2.81 bits per heavy atom. The van der Waals surface area contributed by atoms with Crippen LogP contribution >= 0.6 is 0 Å². The van der Waals surface area contributed by atoms with Crippen LogP contribution in [0.25, 0.3) is 0 Å². The monoisotopic (exact) mass is 301 g/mol. The molecule has 10 heteroatoms. The second kappa shape index (κ2) is 4.79. The third-order valence-corrected chi connectivity index (χ3v) is 3.68. The molecule has 0 aromatic carbocycles. The number of rotatable bonds is 3. The molecule has 0 aliphatic carbocycles. The first-order valence-corrected chi connectivity index (χ1v) is 6.49. The third-order valence-electron chi connectivity index (χ3n) is 3.68. The number of imidazole rings is 1. The zero-order chi connectivity index (χ0) is 15.1. The molecule has 3 heterocycles. The predicted octanol–water partition coefficient (Wildman–Crippen LogP) is 0.596. The maximum Gasteiger partial charge on any atom is 0.414 e. The third kappa shape index (κ3) is 2.28. The molecule has 1 aliphatic heterocycles. The van der Waals surface area contributed by atoms with Crippen LogP contribution in [0.2, 0.25) is 0 Å². The summed E-state index contributed by atoms with van der Waals surface area (Å²) in [5.41, 5.74) is -2.19. The van der Waals surface area contributed by atoms with Gasteiger partial charge in [-0.1, -0.05) is 0 Å². The molecule has 0 bridgehead atoms. The molecule has 0 spiro atoms. The molecule has 7 nitrogen and oxygen atoms in total. The van der Waals surface area contributed by atoms with Gasteiger partial charge in [0.1, 0.15) is 12.4 Å². The molecule has 1 N–H and O–H groups in total. The van der Waals surface area contributed by atoms with Crippen LogP contribution in [0, 0.1) is 0 Å². The summed E-state index contributed by atoms with van der Waals surface area (Å²) in [4.78, 5) is 5.21. The summed E-state index contributed by atoms with van der Waals surface area (Å²) in [7, 11) is 1.79. The number of nitrogens with zero attached hydrogens (tertiary/aromatic N) is 6. The molecule has 2 aromatic rings. The largest absolute Gasteiger partial charge is 0.414 e. The van der Waals surface area contributed by atoms with Gasteiger partial charge in [0.05, 0.1) is 0 Å². The molecule has 0 amide bonds. The van der Waals surface area contributed by atoms with Crippen molar-refractivity contribution < 1.29 is 13.2 Å². The Bertz CT molecular complexity index is 624. The summed E-state index contributed by atoms with van der Waals surface area (Å²) < 4.78 is 41.8. The van der Waals surface area contributed by atoms with Crippen LogP contribution in [0.4, 0.5) is 13.2 Å². The summed E-state index contributed by atoms with van der Waals surface area (Å²) >= 11 is 0. The van der Waals surface area contributed by atoms with Crippen LogP contribution in [0.3, 0.4) is 0 Å². The Morgan fingerprint density at radius 1 is 1.43 bits per heavy atom. The molecule has 1 saturated heterocycles. The molecule has 2 aromatic heterocycles. The van der Waals surface area contributed by atoms with Crippen LogP contribution < -0.4 is 5.32 Å². The van der Waals surface area contributed by atoms with Crippen molar-refractivity contribution in [3.63, 3.8) is 0 Å². The van der Waals surface area contributed by atoms with Gasteiger partial charge >= 0.3 is 6.18 Å². The number of hydrogen-bond acceptors (Lipinski definition) is 5. The van der Waals surface area contributed by atoms with E-state index in [0.29, 0.717) is 12.2 Å². The minimum Gasteiger partial charge on any atom is -0.336 e. The van der Waals surface area contributed by atoms with Gasteiger partial charge in [0.15, 0.2) is 5.54 Å². The first-order chi connectivity index (χ1) is 9.92. The Morgan fingerprint density at radius 2 is 2.24 bits per heavy atom. The number of hydrogen-bond donors (Lipinski definition) is 1. The molecule has 1 unspecified atom stereocenters. The SMILES string of the molecule is Cn1ccnc1Cn1nnc(C2(C(F)(F)F)CCCN2)n1. The molecule has 1 atom stereocenters. The van der Waals surface area contributed by atoms with E-state index >= 15 is 0 Å². The zero-order valence-electron chi connectivity index (χ0n) is 11.3. The van der Waals surface area contributed by atoms with Crippen molar-refractivity contribution >= 4 is 0 Å². The summed E-state index contributed by atoms with van der Waals surface area (Å²) in [6.07, 6.45) is -0.773. The molecule has 0 saturated carbocycles. The summed E-state index contributed by atoms with van der Waals surface area (Å²) in [6.45, 7) is 0.456. The normalized spacial score (nSPS) is 22.9. The molecule has 3 rings (SSSR count). The molecular formula is C11H14F3N7. The topological polar surface area (TPSA) is 73.5 Å². The van der Waals surface area contributed by atoms with E-state index in [2.05, 4.69) is 25.7 Å². The fraction of sp³-hybridized carbons (Fsp3) is 0.636. The van der Waals surface area contributed by atoms with Gasteiger partial charge in [0.2, 0.25) is 5.82 Å². The maximum absolute atomic E-state index is 13.4. The molecule has 1 aliphatic rings. The highest BCUT2D eigenvalue weighted by molar-refractivity contribution is 5.11. The minimum absolute atomic E-state index is 0.0788. The van der Waals surface area contributed by atoms with E-state index in [9.17, 15) is 13.2 Å². The smallest absolute Gasteiger partial charge is 0.336 e. The van der Waals surface area contributed by atoms with Crippen molar-refractivity contribution in [3.8, 4) is 0 Å². The van der Waals surface area contributed by atoms with Gasteiger partial charge in [-0.25, -0.2) is 4.98 Å². The maximum atomic E-state index is 13.4. The van der Waals surface area contributed by atoms with Crippen LogP contribution in [0.1, 0.15) is 24.5 Å². The van der Waals surface area contributed by atoms with Gasteiger partial charge in [-0.3, -0.25) is 5.32 Å². The van der Waals surface area contributed by atoms with E-state index in [1.807, 2.05) is 0 Å². The number of alkyl halides is 3. The van der Waals surface area contributed by atoms with Gasteiger partial charge in [0.25, 0.3) is 0 Å². The molecule has 0 radical (unpaired) electrons. The Kier molecular flexibility index (Phi) is 3.19. The fourth-order valence-corrected chi connectivity index (χ4v) is 2.46. The van der Waals surface area contributed by atoms with E-state index < -0.39 is 11.7 Å². The van der Waals surface area contributed by atoms with Gasteiger partial charge in [-0.05, 0) is 24.6 Å². The van der Waals surface area contributed by atoms with E-state index in [1.54, 1.807) is 24.0 Å². The fourth-order valence-electron chi connectivity index (χ4n) is 2.46. The summed E-state index contributed by atoms with van der Waals surface area (Å²) in [5, 5.41) is 13.7. The van der Waals surface area contributed by atoms with Crippen LogP contribution in [0.15, 0.2) is 12.4 Å². The van der Waals surface area contributed by atoms with Crippen molar-refractivity contribution in [2.75, 3.05) is 6.54 Å². The Hall–Kier alpha value is -1.97. The van der Waals surface area contributed by atoms with Crippen molar-refractivity contribution in [1.29, 1.82) is 0 Å². The van der Waals surface area contributed by atoms with E-state index in [1.165, 1.54) is 0 Å². The average molecular weight is 301 g/mol. The van der Waals surface area contributed by atoms with Gasteiger partial charge in [0, 0.05) is 19.4 Å². The molecule has 114 valence electrons. The van der Waals surface area contributed by atoms with Gasteiger partial charge in [-0.15, -0.1) is 10.2 Å². The van der Waals surface area contributed by atoms with E-state index in [-0.39, 0.29) is 25.3 Å². The Labute approximate surface area is 118 Å². The second-order valence-corrected chi connectivity index (χ2v) is 5.03. The minimum atomic E-state index is -4.46. The van der Waals surface area contributed by atoms with Crippen molar-refractivity contribution in [3.05, 3.63) is 24.0 Å². The number of halogens is 3. The predicted molar refractivity (Wildman–Crippen MR) is 65.1 cm³/mol. The van der Waals surface area contributed by atoms with Crippen LogP contribution in [-0.4, -0.2) is 42.5 Å².